The number of hydrogen-bond acceptors (Lipinski definition) is 3. The van der Waals surface area contributed by atoms with Gasteiger partial charge in [-0.25, -0.2) is 4.79 Å². The second-order valence-electron chi connectivity index (χ2n) is 5.79. The zero-order valence-electron chi connectivity index (χ0n) is 14.1. The molecule has 0 aliphatic carbocycles. The van der Waals surface area contributed by atoms with Gasteiger partial charge in [-0.2, -0.15) is 0 Å². The van der Waals surface area contributed by atoms with Crippen molar-refractivity contribution in [1.82, 2.24) is 4.98 Å². The van der Waals surface area contributed by atoms with E-state index < -0.39 is 0 Å². The van der Waals surface area contributed by atoms with Crippen LogP contribution in [0.2, 0.25) is 0 Å². The molecule has 0 radical (unpaired) electrons. The molecule has 0 fully saturated rings. The molecule has 0 N–H and O–H groups in total. The van der Waals surface area contributed by atoms with Crippen molar-refractivity contribution in [2.75, 3.05) is 4.90 Å². The van der Waals surface area contributed by atoms with Gasteiger partial charge in [-0.3, -0.25) is 9.88 Å². The zero-order valence-corrected chi connectivity index (χ0v) is 14.1. The monoisotopic (exact) mass is 332 g/mol. The first-order chi connectivity index (χ1) is 12.2. The van der Waals surface area contributed by atoms with E-state index in [4.69, 9.17) is 4.74 Å². The summed E-state index contributed by atoms with van der Waals surface area (Å²) < 4.78 is 5.52. The highest BCUT2D eigenvalue weighted by molar-refractivity contribution is 5.87. The number of aromatic nitrogens is 1. The van der Waals surface area contributed by atoms with Crippen molar-refractivity contribution in [3.05, 3.63) is 95.8 Å². The van der Waals surface area contributed by atoms with Gasteiger partial charge in [-0.05, 0) is 42.3 Å². The molecule has 3 aromatic rings. The molecule has 126 valence electrons. The van der Waals surface area contributed by atoms with Gasteiger partial charge in [0.25, 0.3) is 0 Å². The summed E-state index contributed by atoms with van der Waals surface area (Å²) in [5, 5.41) is 0. The average molecular weight is 332 g/mol. The van der Waals surface area contributed by atoms with Gasteiger partial charge in [0.15, 0.2) is 0 Å². The Kier molecular flexibility index (Phi) is 5.42. The molecule has 3 rings (SSSR count). The minimum atomic E-state index is -0.389. The third kappa shape index (κ3) is 4.67. The molecule has 0 bridgehead atoms. The summed E-state index contributed by atoms with van der Waals surface area (Å²) in [6.07, 6.45) is 1.33. The van der Waals surface area contributed by atoms with Gasteiger partial charge >= 0.3 is 6.09 Å². The standard InChI is InChI=1S/C21H20N2O2/c1-17-8-7-12-20(14-17)23(15-19-11-5-6-13-22-19)21(24)25-16-18-9-3-2-4-10-18/h2-14H,15-16H2,1H3. The minimum Gasteiger partial charge on any atom is -0.444 e. The second-order valence-corrected chi connectivity index (χ2v) is 5.79. The van der Waals surface area contributed by atoms with E-state index in [1.807, 2.05) is 79.7 Å². The van der Waals surface area contributed by atoms with Crippen LogP contribution in [0.3, 0.4) is 0 Å². The molecule has 0 atom stereocenters. The Balaban J connectivity index is 1.78. The Morgan fingerprint density at radius 2 is 1.80 bits per heavy atom. The Bertz CT molecular complexity index is 820. The molecular formula is C21H20N2O2. The maximum atomic E-state index is 12.7. The second kappa shape index (κ2) is 8.11. The maximum Gasteiger partial charge on any atom is 0.414 e. The number of aryl methyl sites for hydroxylation is 1. The van der Waals surface area contributed by atoms with Gasteiger partial charge in [0.05, 0.1) is 12.2 Å². The molecule has 1 aromatic heterocycles. The van der Waals surface area contributed by atoms with Gasteiger partial charge in [0, 0.05) is 11.9 Å². The summed E-state index contributed by atoms with van der Waals surface area (Å²) in [7, 11) is 0. The number of carbonyl (C=O) groups excluding carboxylic acids is 1. The topological polar surface area (TPSA) is 42.4 Å². The number of amides is 1. The number of ether oxygens (including phenoxy) is 1. The normalized spacial score (nSPS) is 10.3. The van der Waals surface area contributed by atoms with E-state index in [9.17, 15) is 4.79 Å². The van der Waals surface area contributed by atoms with Crippen LogP contribution in [0.15, 0.2) is 79.0 Å². The summed E-state index contributed by atoms with van der Waals surface area (Å²) in [4.78, 5) is 18.6. The number of nitrogens with zero attached hydrogens (tertiary/aromatic N) is 2. The van der Waals surface area contributed by atoms with E-state index in [0.29, 0.717) is 6.54 Å². The fourth-order valence-corrected chi connectivity index (χ4v) is 2.51. The Labute approximate surface area is 147 Å². The van der Waals surface area contributed by atoms with Gasteiger partial charge in [0.1, 0.15) is 6.61 Å². The summed E-state index contributed by atoms with van der Waals surface area (Å²) in [6.45, 7) is 2.60. The van der Waals surface area contributed by atoms with E-state index in [1.165, 1.54) is 0 Å². The van der Waals surface area contributed by atoms with Crippen molar-refractivity contribution < 1.29 is 9.53 Å². The van der Waals surface area contributed by atoms with Crippen LogP contribution in [0.1, 0.15) is 16.8 Å². The highest BCUT2D eigenvalue weighted by Gasteiger charge is 2.18. The molecule has 2 aromatic carbocycles. The number of rotatable bonds is 5. The summed E-state index contributed by atoms with van der Waals surface area (Å²) in [6, 6.07) is 23.1. The molecule has 4 nitrogen and oxygen atoms in total. The van der Waals surface area contributed by atoms with Crippen LogP contribution in [-0.2, 0) is 17.9 Å². The SMILES string of the molecule is Cc1cccc(N(Cc2ccccn2)C(=O)OCc2ccccc2)c1. The molecule has 1 heterocycles. The van der Waals surface area contributed by atoms with E-state index in [2.05, 4.69) is 4.98 Å². The Hall–Kier alpha value is -3.14. The highest BCUT2D eigenvalue weighted by atomic mass is 16.6. The molecule has 25 heavy (non-hydrogen) atoms. The van der Waals surface area contributed by atoms with E-state index in [1.54, 1.807) is 11.1 Å². The molecule has 0 saturated heterocycles. The zero-order chi connectivity index (χ0) is 17.5. The number of anilines is 1. The molecule has 0 aliphatic rings. The van der Waals surface area contributed by atoms with Crippen LogP contribution in [0.4, 0.5) is 10.5 Å². The first-order valence-corrected chi connectivity index (χ1v) is 8.17. The lowest BCUT2D eigenvalue weighted by Gasteiger charge is -2.22. The molecular weight excluding hydrogens is 312 g/mol. The van der Waals surface area contributed by atoms with Gasteiger partial charge in [-0.15, -0.1) is 0 Å². The van der Waals surface area contributed by atoms with E-state index >= 15 is 0 Å². The fourth-order valence-electron chi connectivity index (χ4n) is 2.51. The third-order valence-corrected chi connectivity index (χ3v) is 3.79. The third-order valence-electron chi connectivity index (χ3n) is 3.79. The van der Waals surface area contributed by atoms with Crippen molar-refractivity contribution in [1.29, 1.82) is 0 Å². The Morgan fingerprint density at radius 3 is 2.52 bits per heavy atom. The summed E-state index contributed by atoms with van der Waals surface area (Å²) in [5.41, 5.74) is 3.64. The molecule has 0 saturated carbocycles. The minimum absolute atomic E-state index is 0.240. The smallest absolute Gasteiger partial charge is 0.414 e. The summed E-state index contributed by atoms with van der Waals surface area (Å²) >= 11 is 0. The fraction of sp³-hybridized carbons (Fsp3) is 0.143. The van der Waals surface area contributed by atoms with Crippen molar-refractivity contribution >= 4 is 11.8 Å². The first kappa shape index (κ1) is 16.7. The molecule has 1 amide bonds. The number of benzene rings is 2. The maximum absolute atomic E-state index is 12.7. The molecule has 0 spiro atoms. The summed E-state index contributed by atoms with van der Waals surface area (Å²) in [5.74, 6) is 0. The number of pyridine rings is 1. The highest BCUT2D eigenvalue weighted by Crippen LogP contribution is 2.20. The first-order valence-electron chi connectivity index (χ1n) is 8.17. The van der Waals surface area contributed by atoms with E-state index in [0.717, 1.165) is 22.5 Å². The quantitative estimate of drug-likeness (QED) is 0.678. The lowest BCUT2D eigenvalue weighted by Crippen LogP contribution is -2.31. The van der Waals surface area contributed by atoms with Crippen molar-refractivity contribution in [2.45, 2.75) is 20.1 Å². The Morgan fingerprint density at radius 1 is 1.00 bits per heavy atom. The van der Waals surface area contributed by atoms with Gasteiger partial charge in [-0.1, -0.05) is 48.5 Å². The van der Waals surface area contributed by atoms with E-state index in [-0.39, 0.29) is 12.7 Å². The van der Waals surface area contributed by atoms with Crippen LogP contribution in [-0.4, -0.2) is 11.1 Å². The lowest BCUT2D eigenvalue weighted by atomic mass is 10.2. The molecule has 0 aliphatic heterocycles. The largest absolute Gasteiger partial charge is 0.444 e. The average Bonchev–Trinajstić information content (AvgIpc) is 2.66. The van der Waals surface area contributed by atoms with Crippen LogP contribution in [0, 0.1) is 6.92 Å². The van der Waals surface area contributed by atoms with Crippen molar-refractivity contribution in [3.63, 3.8) is 0 Å². The lowest BCUT2D eigenvalue weighted by molar-refractivity contribution is 0.146. The van der Waals surface area contributed by atoms with Crippen LogP contribution >= 0.6 is 0 Å². The molecule has 0 unspecified atom stereocenters. The predicted molar refractivity (Wildman–Crippen MR) is 98.2 cm³/mol. The van der Waals surface area contributed by atoms with Gasteiger partial charge in [0.2, 0.25) is 0 Å². The van der Waals surface area contributed by atoms with Crippen LogP contribution in [0.25, 0.3) is 0 Å². The van der Waals surface area contributed by atoms with Crippen LogP contribution in [0.5, 0.6) is 0 Å². The van der Waals surface area contributed by atoms with Crippen molar-refractivity contribution in [3.8, 4) is 0 Å². The number of hydrogen-bond donors (Lipinski definition) is 0. The molecule has 4 heteroatoms. The number of carbonyl (C=O) groups is 1. The van der Waals surface area contributed by atoms with Gasteiger partial charge < -0.3 is 4.74 Å². The van der Waals surface area contributed by atoms with Crippen LogP contribution < -0.4 is 4.90 Å². The predicted octanol–water partition coefficient (Wildman–Crippen LogP) is 4.73. The van der Waals surface area contributed by atoms with Crippen molar-refractivity contribution in [2.24, 2.45) is 0 Å².